The zero-order chi connectivity index (χ0) is 62.9. The minimum atomic E-state index is -1.68. The standard InChI is InChI=1S/C66H120N4O15/c1-8-11-14-17-20-23-25-26-27-28-30-32-35-38-41-44-57(73)81-49-55-61(76)62(82-51(5)65(79)68-50(4)64(78)70-54(63(67)77)46-47-56(72)80-7)60(69-52(6)71)66(84-55)85-59(75)48-53(43-40-37-34-31-22-19-16-13-10-3)83-58(74)45-42-39-36-33-29-24-21-18-15-12-9-2/h50-51,53-55,60-62,66,76H,8-49H2,1-7H3,(H2,67,77)(H,68,79)(H,69,71)(H,70,78)/t50-,51+,53+,54+,55+,60+,61+,62+,66+/m0/s1. The number of methoxy groups -OCH3 is 1. The highest BCUT2D eigenvalue weighted by atomic mass is 16.7. The highest BCUT2D eigenvalue weighted by molar-refractivity contribution is 5.92. The van der Waals surface area contributed by atoms with Gasteiger partial charge in [-0.05, 0) is 46.0 Å². The van der Waals surface area contributed by atoms with E-state index in [1.807, 2.05) is 0 Å². The van der Waals surface area contributed by atoms with Crippen molar-refractivity contribution in [1.29, 1.82) is 0 Å². The summed E-state index contributed by atoms with van der Waals surface area (Å²) < 4.78 is 34.6. The Balaban J connectivity index is 3.22. The second kappa shape index (κ2) is 51.7. The van der Waals surface area contributed by atoms with Gasteiger partial charge in [-0.25, -0.2) is 0 Å². The average Bonchev–Trinajstić information content (AvgIpc) is 2.36. The van der Waals surface area contributed by atoms with Gasteiger partial charge in [0.15, 0.2) is 0 Å². The average molecular weight is 1210 g/mol. The number of carbonyl (C=O) groups is 8. The number of carbonyl (C=O) groups excluding carboxylic acids is 8. The number of amides is 4. The first-order chi connectivity index (χ1) is 41.0. The lowest BCUT2D eigenvalue weighted by molar-refractivity contribution is -0.275. The second-order valence-electron chi connectivity index (χ2n) is 23.9. The smallest absolute Gasteiger partial charge is 0.311 e. The SMILES string of the molecule is CCCCCCCCCCCCCCCCCC(=O)OC[C@H]1O[C@H](OC(=O)C[C@@H](CCCCCCCCCCC)OC(=O)CCCCCCCCCCCCC)[C@H](NC(C)=O)[C@@H](O[C@H](C)C(=O)N[C@@H](C)C(=O)N[C@H](CCC(=O)OC)C(N)=O)[C@@H]1O. The number of aliphatic hydroxyl groups is 1. The molecule has 0 bridgehead atoms. The van der Waals surface area contributed by atoms with Crippen molar-refractivity contribution in [3.05, 3.63) is 0 Å². The van der Waals surface area contributed by atoms with Crippen LogP contribution in [0.2, 0.25) is 0 Å². The van der Waals surface area contributed by atoms with Crippen LogP contribution in [0.1, 0.15) is 305 Å². The summed E-state index contributed by atoms with van der Waals surface area (Å²) in [4.78, 5) is 104. The number of rotatable bonds is 55. The number of primary amides is 1. The molecule has 1 aliphatic heterocycles. The molecule has 9 atom stereocenters. The van der Waals surface area contributed by atoms with Gasteiger partial charge in [0.25, 0.3) is 0 Å². The third-order valence-corrected chi connectivity index (χ3v) is 16.0. The summed E-state index contributed by atoms with van der Waals surface area (Å²) in [6, 6.07) is -3.93. The molecule has 0 aromatic rings. The maximum Gasteiger partial charge on any atom is 0.311 e. The van der Waals surface area contributed by atoms with E-state index in [0.717, 1.165) is 70.6 Å². The third-order valence-electron chi connectivity index (χ3n) is 16.0. The Morgan fingerprint density at radius 3 is 1.40 bits per heavy atom. The number of ether oxygens (including phenoxy) is 6. The van der Waals surface area contributed by atoms with E-state index in [0.29, 0.717) is 25.7 Å². The van der Waals surface area contributed by atoms with Gasteiger partial charge in [-0.2, -0.15) is 0 Å². The molecular weight excluding hydrogens is 1090 g/mol. The fourth-order valence-corrected chi connectivity index (χ4v) is 10.7. The fourth-order valence-electron chi connectivity index (χ4n) is 10.7. The molecule has 1 heterocycles. The van der Waals surface area contributed by atoms with Crippen LogP contribution < -0.4 is 21.7 Å². The van der Waals surface area contributed by atoms with Gasteiger partial charge >= 0.3 is 23.9 Å². The summed E-state index contributed by atoms with van der Waals surface area (Å²) in [7, 11) is 1.18. The largest absolute Gasteiger partial charge is 0.469 e. The molecule has 1 saturated heterocycles. The van der Waals surface area contributed by atoms with E-state index >= 15 is 0 Å². The van der Waals surface area contributed by atoms with Crippen molar-refractivity contribution in [3.8, 4) is 0 Å². The topological polar surface area (TPSA) is 274 Å². The van der Waals surface area contributed by atoms with E-state index in [1.165, 1.54) is 163 Å². The summed E-state index contributed by atoms with van der Waals surface area (Å²) in [6.45, 7) is 10.0. The van der Waals surface area contributed by atoms with Gasteiger partial charge in [-0.1, -0.05) is 226 Å². The molecule has 19 heteroatoms. The predicted octanol–water partition coefficient (Wildman–Crippen LogP) is 12.1. The minimum absolute atomic E-state index is 0.126. The molecule has 0 aliphatic carbocycles. The van der Waals surface area contributed by atoms with E-state index in [2.05, 4.69) is 41.5 Å². The Morgan fingerprint density at radius 1 is 0.529 bits per heavy atom. The Hall–Kier alpha value is -4.36. The van der Waals surface area contributed by atoms with Crippen molar-refractivity contribution in [3.63, 3.8) is 0 Å². The lowest BCUT2D eigenvalue weighted by Crippen LogP contribution is -2.66. The van der Waals surface area contributed by atoms with Crippen LogP contribution in [0.25, 0.3) is 0 Å². The summed E-state index contributed by atoms with van der Waals surface area (Å²) in [5.41, 5.74) is 5.47. The summed E-state index contributed by atoms with van der Waals surface area (Å²) in [5.74, 6) is -5.55. The van der Waals surface area contributed by atoms with Gasteiger partial charge in [0.05, 0.1) is 13.5 Å². The second-order valence-corrected chi connectivity index (χ2v) is 23.9. The normalized spacial score (nSPS) is 18.1. The molecule has 4 amide bonds. The van der Waals surface area contributed by atoms with Gasteiger partial charge in [0.1, 0.15) is 55.3 Å². The molecular formula is C66H120N4O15. The molecule has 0 spiro atoms. The number of nitrogens with one attached hydrogen (secondary N) is 3. The molecule has 0 aromatic heterocycles. The first kappa shape index (κ1) is 78.7. The van der Waals surface area contributed by atoms with Gasteiger partial charge < -0.3 is 55.2 Å². The lowest BCUT2D eigenvalue weighted by atomic mass is 9.96. The van der Waals surface area contributed by atoms with Crippen molar-refractivity contribution >= 4 is 47.5 Å². The van der Waals surface area contributed by atoms with Crippen LogP contribution in [-0.2, 0) is 66.8 Å². The van der Waals surface area contributed by atoms with E-state index in [-0.39, 0.29) is 32.1 Å². The zero-order valence-corrected chi connectivity index (χ0v) is 54.1. The van der Waals surface area contributed by atoms with E-state index in [4.69, 9.17) is 29.4 Å². The van der Waals surface area contributed by atoms with Gasteiger partial charge in [0, 0.05) is 26.2 Å². The molecule has 0 aromatic carbocycles. The quantitative estimate of drug-likeness (QED) is 0.0215. The van der Waals surface area contributed by atoms with Crippen LogP contribution in [0.15, 0.2) is 0 Å². The molecule has 0 saturated carbocycles. The van der Waals surface area contributed by atoms with Crippen LogP contribution in [0, 0.1) is 0 Å². The predicted molar refractivity (Wildman–Crippen MR) is 331 cm³/mol. The van der Waals surface area contributed by atoms with Crippen molar-refractivity contribution in [2.45, 2.75) is 360 Å². The maximum atomic E-state index is 14.1. The molecule has 1 aliphatic rings. The van der Waals surface area contributed by atoms with Gasteiger partial charge in [-0.3, -0.25) is 38.4 Å². The van der Waals surface area contributed by atoms with E-state index < -0.39 is 109 Å². The van der Waals surface area contributed by atoms with E-state index in [9.17, 15) is 43.5 Å². The summed E-state index contributed by atoms with van der Waals surface area (Å²) in [5, 5.41) is 19.5. The Bertz CT molecular complexity index is 1810. The Morgan fingerprint density at radius 2 is 0.965 bits per heavy atom. The van der Waals surface area contributed by atoms with Crippen LogP contribution in [-0.4, -0.2) is 121 Å². The van der Waals surface area contributed by atoms with Crippen molar-refractivity contribution in [1.82, 2.24) is 16.0 Å². The van der Waals surface area contributed by atoms with E-state index in [1.54, 1.807) is 0 Å². The number of nitrogens with two attached hydrogens (primary N) is 1. The minimum Gasteiger partial charge on any atom is -0.469 e. The fraction of sp³-hybridized carbons (Fsp3) is 0.879. The molecule has 0 radical (unpaired) electrons. The van der Waals surface area contributed by atoms with Gasteiger partial charge in [-0.15, -0.1) is 0 Å². The number of aliphatic hydroxyl groups excluding tert-OH is 1. The number of hydrogen-bond donors (Lipinski definition) is 5. The highest BCUT2D eigenvalue weighted by Crippen LogP contribution is 2.28. The molecule has 85 heavy (non-hydrogen) atoms. The van der Waals surface area contributed by atoms with Crippen LogP contribution >= 0.6 is 0 Å². The molecule has 1 fully saturated rings. The lowest BCUT2D eigenvalue weighted by Gasteiger charge is -2.44. The van der Waals surface area contributed by atoms with Crippen molar-refractivity contribution < 1.29 is 71.9 Å². The first-order valence-corrected chi connectivity index (χ1v) is 33.7. The van der Waals surface area contributed by atoms with Crippen molar-refractivity contribution in [2.75, 3.05) is 13.7 Å². The number of esters is 4. The third kappa shape index (κ3) is 40.7. The van der Waals surface area contributed by atoms with Gasteiger partial charge in [0.2, 0.25) is 29.9 Å². The van der Waals surface area contributed by atoms with Crippen LogP contribution in [0.4, 0.5) is 0 Å². The maximum absolute atomic E-state index is 14.1. The first-order valence-electron chi connectivity index (χ1n) is 33.7. The molecule has 1 rings (SSSR count). The Kier molecular flexibility index (Phi) is 47.8. The van der Waals surface area contributed by atoms with Crippen LogP contribution in [0.3, 0.4) is 0 Å². The molecule has 6 N–H and O–H groups in total. The number of unbranched alkanes of at least 4 members (excludes halogenated alkanes) is 32. The highest BCUT2D eigenvalue weighted by Gasteiger charge is 2.50. The Labute approximate surface area is 512 Å². The molecule has 19 nitrogen and oxygen atoms in total. The molecule has 494 valence electrons. The monoisotopic (exact) mass is 1210 g/mol. The summed E-state index contributed by atoms with van der Waals surface area (Å²) >= 11 is 0. The number of hydrogen-bond acceptors (Lipinski definition) is 15. The summed E-state index contributed by atoms with van der Waals surface area (Å²) in [6.07, 6.45) is 31.4. The van der Waals surface area contributed by atoms with Crippen molar-refractivity contribution in [2.24, 2.45) is 5.73 Å². The zero-order valence-electron chi connectivity index (χ0n) is 54.1. The molecule has 0 unspecified atom stereocenters. The van der Waals surface area contributed by atoms with Crippen LogP contribution in [0.5, 0.6) is 0 Å².